The molecule has 1 saturated heterocycles. The van der Waals surface area contributed by atoms with Crippen LogP contribution in [0.25, 0.3) is 11.1 Å². The van der Waals surface area contributed by atoms with Crippen LogP contribution in [0, 0.1) is 0 Å². The van der Waals surface area contributed by atoms with E-state index in [-0.39, 0.29) is 16.7 Å². The first-order chi connectivity index (χ1) is 13.5. The lowest BCUT2D eigenvalue weighted by atomic mass is 10.1. The Morgan fingerprint density at radius 3 is 2.32 bits per heavy atom. The second kappa shape index (κ2) is 7.66. The third-order valence-corrected chi connectivity index (χ3v) is 6.76. The Morgan fingerprint density at radius 2 is 1.57 bits per heavy atom. The van der Waals surface area contributed by atoms with E-state index in [2.05, 4.69) is 0 Å². The van der Waals surface area contributed by atoms with Gasteiger partial charge < -0.3 is 9.84 Å². The number of hydrogen-bond acceptors (Lipinski definition) is 4. The lowest BCUT2D eigenvalue weighted by Gasteiger charge is -2.19. The van der Waals surface area contributed by atoms with Gasteiger partial charge in [0.2, 0.25) is 10.0 Å². The van der Waals surface area contributed by atoms with Crippen molar-refractivity contribution in [2.24, 2.45) is 0 Å². The van der Waals surface area contributed by atoms with Crippen LogP contribution in [0.3, 0.4) is 0 Å². The number of phenols is 1. The maximum atomic E-state index is 13.3. The van der Waals surface area contributed by atoms with Crippen molar-refractivity contribution < 1.29 is 18.3 Å². The van der Waals surface area contributed by atoms with Crippen molar-refractivity contribution in [3.05, 3.63) is 78.9 Å². The number of para-hydroxylation sites is 1. The minimum absolute atomic E-state index is 0.143. The molecule has 1 atom stereocenters. The van der Waals surface area contributed by atoms with Gasteiger partial charge >= 0.3 is 0 Å². The van der Waals surface area contributed by atoms with Gasteiger partial charge in [-0.15, -0.1) is 0 Å². The Labute approximate surface area is 164 Å². The summed E-state index contributed by atoms with van der Waals surface area (Å²) in [7, 11) is -3.66. The van der Waals surface area contributed by atoms with Crippen molar-refractivity contribution in [2.75, 3.05) is 13.1 Å². The molecular weight excluding hydrogens is 374 g/mol. The molecule has 0 spiro atoms. The fourth-order valence-corrected chi connectivity index (χ4v) is 5.11. The smallest absolute Gasteiger partial charge is 0.243 e. The number of nitrogens with zero attached hydrogens (tertiary/aromatic N) is 1. The predicted octanol–water partition coefficient (Wildman–Crippen LogP) is 3.90. The van der Waals surface area contributed by atoms with Gasteiger partial charge in [0.15, 0.2) is 0 Å². The highest BCUT2D eigenvalue weighted by Gasteiger charge is 2.34. The number of ether oxygens (including phenoxy) is 1. The number of hydrogen-bond donors (Lipinski definition) is 1. The summed E-state index contributed by atoms with van der Waals surface area (Å²) >= 11 is 0. The third kappa shape index (κ3) is 3.74. The Morgan fingerprint density at radius 1 is 0.893 bits per heavy atom. The van der Waals surface area contributed by atoms with Crippen molar-refractivity contribution in [2.45, 2.75) is 17.4 Å². The van der Waals surface area contributed by atoms with Crippen LogP contribution < -0.4 is 4.74 Å². The predicted molar refractivity (Wildman–Crippen MR) is 108 cm³/mol. The molecule has 1 N–H and O–H groups in total. The van der Waals surface area contributed by atoms with E-state index in [1.54, 1.807) is 42.5 Å². The highest BCUT2D eigenvalue weighted by atomic mass is 32.2. The van der Waals surface area contributed by atoms with Gasteiger partial charge in [0.25, 0.3) is 0 Å². The Balaban J connectivity index is 1.58. The van der Waals surface area contributed by atoms with Crippen LogP contribution in [0.15, 0.2) is 83.8 Å². The summed E-state index contributed by atoms with van der Waals surface area (Å²) in [5.41, 5.74) is 1.36. The quantitative estimate of drug-likeness (QED) is 0.711. The number of rotatable bonds is 5. The van der Waals surface area contributed by atoms with Crippen LogP contribution in [-0.2, 0) is 10.0 Å². The van der Waals surface area contributed by atoms with Crippen molar-refractivity contribution in [1.82, 2.24) is 4.31 Å². The van der Waals surface area contributed by atoms with Crippen molar-refractivity contribution in [3.63, 3.8) is 0 Å². The highest BCUT2D eigenvalue weighted by molar-refractivity contribution is 7.89. The molecule has 1 aliphatic heterocycles. The molecule has 144 valence electrons. The van der Waals surface area contributed by atoms with Gasteiger partial charge in [-0.1, -0.05) is 48.5 Å². The van der Waals surface area contributed by atoms with Crippen LogP contribution in [-0.4, -0.2) is 37.0 Å². The Kier molecular flexibility index (Phi) is 5.07. The standard InChI is InChI=1S/C22H21NO4S/c24-18-12-10-17(11-13-18)21-8-4-5-9-22(21)28(25,26)23-15-14-20(16-23)27-19-6-2-1-3-7-19/h1-13,20,24H,14-16H2/t20-/m1/s1. The van der Waals surface area contributed by atoms with Crippen LogP contribution in [0.4, 0.5) is 0 Å². The second-order valence-corrected chi connectivity index (χ2v) is 8.65. The average Bonchev–Trinajstić information content (AvgIpc) is 3.19. The number of aromatic hydroxyl groups is 1. The average molecular weight is 395 g/mol. The topological polar surface area (TPSA) is 66.8 Å². The number of phenolic OH excluding ortho intramolecular Hbond substituents is 1. The zero-order valence-corrected chi connectivity index (χ0v) is 16.0. The molecule has 0 unspecified atom stereocenters. The fourth-order valence-electron chi connectivity index (χ4n) is 3.41. The summed E-state index contributed by atoms with van der Waals surface area (Å²) in [4.78, 5) is 0.265. The van der Waals surface area contributed by atoms with Gasteiger partial charge in [0.05, 0.1) is 11.4 Å². The van der Waals surface area contributed by atoms with E-state index in [0.29, 0.717) is 25.1 Å². The Bertz CT molecular complexity index is 1050. The maximum absolute atomic E-state index is 13.3. The summed E-state index contributed by atoms with van der Waals surface area (Å²) in [6.07, 6.45) is 0.480. The van der Waals surface area contributed by atoms with Gasteiger partial charge in [-0.3, -0.25) is 0 Å². The molecular formula is C22H21NO4S. The highest BCUT2D eigenvalue weighted by Crippen LogP contribution is 2.32. The van der Waals surface area contributed by atoms with E-state index in [9.17, 15) is 13.5 Å². The van der Waals surface area contributed by atoms with Crippen molar-refractivity contribution in [3.8, 4) is 22.6 Å². The normalized spacial score (nSPS) is 17.5. The molecule has 4 rings (SSSR count). The molecule has 0 amide bonds. The zero-order chi connectivity index (χ0) is 19.6. The second-order valence-electron chi connectivity index (χ2n) is 6.75. The van der Waals surface area contributed by atoms with E-state index >= 15 is 0 Å². The third-order valence-electron chi connectivity index (χ3n) is 4.84. The molecule has 0 radical (unpaired) electrons. The molecule has 1 heterocycles. The van der Waals surface area contributed by atoms with Gasteiger partial charge in [-0.05, 0) is 42.3 Å². The minimum atomic E-state index is -3.66. The van der Waals surface area contributed by atoms with Crippen LogP contribution in [0.1, 0.15) is 6.42 Å². The molecule has 1 aliphatic rings. The molecule has 6 heteroatoms. The van der Waals surface area contributed by atoms with Crippen LogP contribution in [0.5, 0.6) is 11.5 Å². The van der Waals surface area contributed by atoms with Gasteiger partial charge in [0.1, 0.15) is 17.6 Å². The lowest BCUT2D eigenvalue weighted by Crippen LogP contribution is -2.31. The molecule has 1 fully saturated rings. The fraction of sp³-hybridized carbons (Fsp3) is 0.182. The van der Waals surface area contributed by atoms with Crippen LogP contribution in [0.2, 0.25) is 0 Å². The monoisotopic (exact) mass is 395 g/mol. The first-order valence-electron chi connectivity index (χ1n) is 9.14. The first-order valence-corrected chi connectivity index (χ1v) is 10.6. The SMILES string of the molecule is O=S(=O)(c1ccccc1-c1ccc(O)cc1)N1CC[C@@H](Oc2ccccc2)C1. The molecule has 3 aromatic carbocycles. The number of sulfonamides is 1. The first kappa shape index (κ1) is 18.5. The lowest BCUT2D eigenvalue weighted by molar-refractivity contribution is 0.215. The van der Waals surface area contributed by atoms with Crippen LogP contribution >= 0.6 is 0 Å². The maximum Gasteiger partial charge on any atom is 0.243 e. The summed E-state index contributed by atoms with van der Waals surface area (Å²) in [6.45, 7) is 0.741. The van der Waals surface area contributed by atoms with Crippen molar-refractivity contribution in [1.29, 1.82) is 0 Å². The molecule has 0 aliphatic carbocycles. The van der Waals surface area contributed by atoms with E-state index < -0.39 is 10.0 Å². The zero-order valence-electron chi connectivity index (χ0n) is 15.2. The summed E-state index contributed by atoms with van der Waals surface area (Å²) in [6, 6.07) is 22.9. The molecule has 0 saturated carbocycles. The van der Waals surface area contributed by atoms with E-state index in [1.807, 2.05) is 36.4 Å². The van der Waals surface area contributed by atoms with E-state index in [1.165, 1.54) is 4.31 Å². The largest absolute Gasteiger partial charge is 0.508 e. The minimum Gasteiger partial charge on any atom is -0.508 e. The molecule has 3 aromatic rings. The van der Waals surface area contributed by atoms with E-state index in [4.69, 9.17) is 4.74 Å². The summed E-state index contributed by atoms with van der Waals surface area (Å²) < 4.78 is 34.0. The Hall–Kier alpha value is -2.83. The van der Waals surface area contributed by atoms with E-state index in [0.717, 1.165) is 11.3 Å². The summed E-state index contributed by atoms with van der Waals surface area (Å²) in [5.74, 6) is 0.890. The molecule has 0 bridgehead atoms. The molecule has 5 nitrogen and oxygen atoms in total. The number of benzene rings is 3. The van der Waals surface area contributed by atoms with Gasteiger partial charge in [0, 0.05) is 12.1 Å². The summed E-state index contributed by atoms with van der Waals surface area (Å²) in [5, 5.41) is 9.52. The molecule has 28 heavy (non-hydrogen) atoms. The van der Waals surface area contributed by atoms with Gasteiger partial charge in [-0.25, -0.2) is 8.42 Å². The molecule has 0 aromatic heterocycles. The van der Waals surface area contributed by atoms with Crippen molar-refractivity contribution >= 4 is 10.0 Å². The van der Waals surface area contributed by atoms with Gasteiger partial charge in [-0.2, -0.15) is 4.31 Å².